The van der Waals surface area contributed by atoms with Crippen LogP contribution in [0.5, 0.6) is 11.5 Å². The number of para-hydroxylation sites is 1. The van der Waals surface area contributed by atoms with Gasteiger partial charge >= 0.3 is 5.97 Å². The van der Waals surface area contributed by atoms with E-state index in [4.69, 9.17) is 26.8 Å². The molecule has 2 N–H and O–H groups in total. The Hall–Kier alpha value is -3.72. The zero-order chi connectivity index (χ0) is 24.1. The van der Waals surface area contributed by atoms with Crippen LogP contribution >= 0.6 is 12.2 Å². The molecule has 0 unspecified atom stereocenters. The van der Waals surface area contributed by atoms with Crippen molar-refractivity contribution in [3.8, 4) is 11.5 Å². The first kappa shape index (κ1) is 23.9. The number of anilines is 1. The second-order valence-electron chi connectivity index (χ2n) is 7.18. The number of hydrogen-bond acceptors (Lipinski definition) is 6. The van der Waals surface area contributed by atoms with Gasteiger partial charge in [-0.1, -0.05) is 31.2 Å². The van der Waals surface area contributed by atoms with Crippen molar-refractivity contribution in [2.75, 3.05) is 11.5 Å². The van der Waals surface area contributed by atoms with Crippen molar-refractivity contribution in [2.24, 2.45) is 0 Å². The van der Waals surface area contributed by atoms with Gasteiger partial charge in [0.15, 0.2) is 22.7 Å². The number of benzene rings is 2. The minimum Gasteiger partial charge on any atom is -0.490 e. The Bertz CT molecular complexity index is 1140. The number of nitrogens with zero attached hydrogens (tertiary/aromatic N) is 1. The standard InChI is InChI=1S/C24H24N2O6S/c1-4-16-8-6-7-9-18(16)26-22(28)17(21(27)25-24(26)33)12-15-10-11-19(20(13-15)31-5-2)32-14(3)23(29)30/h6-14H,4-5H2,1-3H3,(H,29,30)(H,25,27,33)/b17-12+/t14-/m1/s1. The molecule has 33 heavy (non-hydrogen) atoms. The number of carbonyl (C=O) groups is 3. The van der Waals surface area contributed by atoms with Crippen LogP contribution in [0.15, 0.2) is 48.0 Å². The van der Waals surface area contributed by atoms with Crippen LogP contribution in [0.3, 0.4) is 0 Å². The highest BCUT2D eigenvalue weighted by Crippen LogP contribution is 2.31. The number of carboxylic acids is 1. The number of carboxylic acid groups (broad SMARTS) is 1. The second kappa shape index (κ2) is 10.3. The first-order chi connectivity index (χ1) is 15.8. The molecule has 1 aliphatic heterocycles. The molecular weight excluding hydrogens is 444 g/mol. The lowest BCUT2D eigenvalue weighted by Gasteiger charge is -2.30. The van der Waals surface area contributed by atoms with Crippen molar-refractivity contribution in [1.29, 1.82) is 0 Å². The second-order valence-corrected chi connectivity index (χ2v) is 7.56. The van der Waals surface area contributed by atoms with Crippen LogP contribution in [0, 0.1) is 0 Å². The topological polar surface area (TPSA) is 105 Å². The summed E-state index contributed by atoms with van der Waals surface area (Å²) in [7, 11) is 0. The van der Waals surface area contributed by atoms with Crippen molar-refractivity contribution in [1.82, 2.24) is 5.32 Å². The molecule has 0 bridgehead atoms. The molecule has 1 atom stereocenters. The quantitative estimate of drug-likeness (QED) is 0.348. The van der Waals surface area contributed by atoms with Gasteiger partial charge in [-0.05, 0) is 67.9 Å². The van der Waals surface area contributed by atoms with Gasteiger partial charge in [-0.2, -0.15) is 0 Å². The van der Waals surface area contributed by atoms with Gasteiger partial charge in [0, 0.05) is 0 Å². The third-order valence-corrected chi connectivity index (χ3v) is 5.23. The minimum absolute atomic E-state index is 0.0180. The molecule has 8 nitrogen and oxygen atoms in total. The molecule has 172 valence electrons. The van der Waals surface area contributed by atoms with Crippen molar-refractivity contribution >= 4 is 46.9 Å². The predicted octanol–water partition coefficient (Wildman–Crippen LogP) is 3.33. The summed E-state index contributed by atoms with van der Waals surface area (Å²) in [6.07, 6.45) is 1.05. The molecule has 2 aromatic carbocycles. The van der Waals surface area contributed by atoms with Crippen molar-refractivity contribution < 1.29 is 29.0 Å². The van der Waals surface area contributed by atoms with Gasteiger partial charge in [0.05, 0.1) is 12.3 Å². The number of ether oxygens (including phenoxy) is 2. The molecular formula is C24H24N2O6S. The largest absolute Gasteiger partial charge is 0.490 e. The van der Waals surface area contributed by atoms with Gasteiger partial charge in [0.25, 0.3) is 11.8 Å². The van der Waals surface area contributed by atoms with E-state index in [1.807, 2.05) is 19.1 Å². The van der Waals surface area contributed by atoms with Crippen molar-refractivity contribution in [3.63, 3.8) is 0 Å². The maximum Gasteiger partial charge on any atom is 0.344 e. The lowest BCUT2D eigenvalue weighted by atomic mass is 10.0. The van der Waals surface area contributed by atoms with Gasteiger partial charge in [-0.3, -0.25) is 19.8 Å². The van der Waals surface area contributed by atoms with Crippen LogP contribution in [-0.4, -0.2) is 40.7 Å². The SMILES string of the molecule is CCOc1cc(/C=C2\C(=O)NC(=S)N(c3ccccc3CC)C2=O)ccc1O[C@H](C)C(=O)O. The monoisotopic (exact) mass is 468 g/mol. The normalized spacial score (nSPS) is 15.9. The molecule has 2 amide bonds. The maximum absolute atomic E-state index is 13.3. The average molecular weight is 469 g/mol. The lowest BCUT2D eigenvalue weighted by molar-refractivity contribution is -0.144. The molecule has 0 saturated carbocycles. The minimum atomic E-state index is -1.11. The summed E-state index contributed by atoms with van der Waals surface area (Å²) in [5.74, 6) is -1.72. The van der Waals surface area contributed by atoms with Gasteiger partial charge in [0.1, 0.15) is 5.57 Å². The van der Waals surface area contributed by atoms with E-state index in [2.05, 4.69) is 5.32 Å². The number of carbonyl (C=O) groups excluding carboxylic acids is 2. The smallest absolute Gasteiger partial charge is 0.344 e. The Morgan fingerprint density at radius 1 is 1.18 bits per heavy atom. The fraction of sp³-hybridized carbons (Fsp3) is 0.250. The number of hydrogen-bond donors (Lipinski definition) is 2. The van der Waals surface area contributed by atoms with E-state index in [0.717, 1.165) is 5.56 Å². The molecule has 1 heterocycles. The molecule has 3 rings (SSSR count). The Morgan fingerprint density at radius 3 is 2.58 bits per heavy atom. The lowest BCUT2D eigenvalue weighted by Crippen LogP contribution is -2.54. The summed E-state index contributed by atoms with van der Waals surface area (Å²) in [6, 6.07) is 12.1. The molecule has 1 saturated heterocycles. The van der Waals surface area contributed by atoms with Gasteiger partial charge in [-0.25, -0.2) is 4.79 Å². The van der Waals surface area contributed by atoms with Crippen molar-refractivity contribution in [3.05, 3.63) is 59.2 Å². The van der Waals surface area contributed by atoms with Gasteiger partial charge in [-0.15, -0.1) is 0 Å². The summed E-state index contributed by atoms with van der Waals surface area (Å²) in [4.78, 5) is 38.4. The number of aryl methyl sites for hydroxylation is 1. The van der Waals surface area contributed by atoms with E-state index >= 15 is 0 Å². The zero-order valence-electron chi connectivity index (χ0n) is 18.5. The summed E-state index contributed by atoms with van der Waals surface area (Å²) >= 11 is 5.28. The summed E-state index contributed by atoms with van der Waals surface area (Å²) in [5, 5.41) is 11.7. The number of thiocarbonyl (C=S) groups is 1. The summed E-state index contributed by atoms with van der Waals surface area (Å²) in [6.45, 7) is 5.46. The average Bonchev–Trinajstić information content (AvgIpc) is 2.78. The highest BCUT2D eigenvalue weighted by atomic mass is 32.1. The van der Waals surface area contributed by atoms with Crippen LogP contribution in [0.1, 0.15) is 31.9 Å². The Morgan fingerprint density at radius 2 is 1.91 bits per heavy atom. The number of amides is 2. The summed E-state index contributed by atoms with van der Waals surface area (Å²) < 4.78 is 11.0. The van der Waals surface area contributed by atoms with Crippen LogP contribution in [-0.2, 0) is 20.8 Å². The fourth-order valence-electron chi connectivity index (χ4n) is 3.29. The molecule has 2 aromatic rings. The van der Waals surface area contributed by atoms with E-state index in [-0.39, 0.29) is 16.4 Å². The van der Waals surface area contributed by atoms with Gasteiger partial charge < -0.3 is 14.6 Å². The van der Waals surface area contributed by atoms with Crippen LogP contribution in [0.25, 0.3) is 6.08 Å². The van der Waals surface area contributed by atoms with E-state index < -0.39 is 23.9 Å². The highest BCUT2D eigenvalue weighted by Gasteiger charge is 2.35. The summed E-state index contributed by atoms with van der Waals surface area (Å²) in [5.41, 5.74) is 1.94. The third kappa shape index (κ3) is 5.20. The third-order valence-electron chi connectivity index (χ3n) is 4.95. The van der Waals surface area contributed by atoms with Gasteiger partial charge in [0.2, 0.25) is 0 Å². The Balaban J connectivity index is 1.99. The number of rotatable bonds is 8. The highest BCUT2D eigenvalue weighted by molar-refractivity contribution is 7.80. The molecule has 0 spiro atoms. The first-order valence-electron chi connectivity index (χ1n) is 10.4. The van der Waals surface area contributed by atoms with E-state index in [1.165, 1.54) is 24.0 Å². The predicted molar refractivity (Wildman–Crippen MR) is 127 cm³/mol. The van der Waals surface area contributed by atoms with E-state index in [9.17, 15) is 14.4 Å². The molecule has 0 radical (unpaired) electrons. The van der Waals surface area contributed by atoms with Crippen LogP contribution in [0.2, 0.25) is 0 Å². The molecule has 9 heteroatoms. The molecule has 1 aliphatic rings. The number of nitrogens with one attached hydrogen (secondary N) is 1. The Kier molecular flexibility index (Phi) is 7.44. The fourth-order valence-corrected chi connectivity index (χ4v) is 3.57. The van der Waals surface area contributed by atoms with E-state index in [0.29, 0.717) is 30.0 Å². The number of aliphatic carboxylic acids is 1. The zero-order valence-corrected chi connectivity index (χ0v) is 19.3. The molecule has 1 fully saturated rings. The van der Waals surface area contributed by atoms with Crippen LogP contribution in [0.4, 0.5) is 5.69 Å². The first-order valence-corrected chi connectivity index (χ1v) is 10.8. The Labute approximate surface area is 196 Å². The van der Waals surface area contributed by atoms with Crippen LogP contribution < -0.4 is 19.7 Å². The molecule has 0 aliphatic carbocycles. The molecule has 0 aromatic heterocycles. The van der Waals surface area contributed by atoms with E-state index in [1.54, 1.807) is 31.2 Å². The maximum atomic E-state index is 13.3. The van der Waals surface area contributed by atoms with Crippen molar-refractivity contribution in [2.45, 2.75) is 33.3 Å².